The number of fused-ring (bicyclic) bond motifs is 1. The summed E-state index contributed by atoms with van der Waals surface area (Å²) in [6.07, 6.45) is 0.0508. The molecule has 3 N–H and O–H groups in total. The summed E-state index contributed by atoms with van der Waals surface area (Å²) >= 11 is 3.56. The van der Waals surface area contributed by atoms with Crippen LogP contribution in [-0.4, -0.2) is 90.7 Å². The van der Waals surface area contributed by atoms with Gasteiger partial charge in [-0.1, -0.05) is 17.8 Å². The fraction of sp³-hybridized carbons (Fsp3) is 0.412. The van der Waals surface area contributed by atoms with E-state index >= 15 is 0 Å². The second-order valence-electron chi connectivity index (χ2n) is 7.30. The van der Waals surface area contributed by atoms with Gasteiger partial charge in [-0.05, 0) is 27.4 Å². The van der Waals surface area contributed by atoms with Gasteiger partial charge in [0.15, 0.2) is 5.88 Å². The zero-order valence-electron chi connectivity index (χ0n) is 21.9. The van der Waals surface area contributed by atoms with E-state index in [1.807, 2.05) is 5.38 Å². The maximum atomic E-state index is 13.1. The van der Waals surface area contributed by atoms with Crippen molar-refractivity contribution in [1.29, 1.82) is 0 Å². The average molecular weight is 611 g/mol. The number of carboxylic acid groups (broad SMARTS) is 1. The number of β-lactam (4-membered cyclic amide) rings is 1. The van der Waals surface area contributed by atoms with E-state index in [0.717, 1.165) is 26.2 Å². The van der Waals surface area contributed by atoms with Gasteiger partial charge in [-0.25, -0.2) is 9.48 Å². The summed E-state index contributed by atoms with van der Waals surface area (Å²) < 4.78 is 37.6. The number of nitrogens with zero attached hydrogens (tertiary/aromatic N) is 5. The first kappa shape index (κ1) is 32.7. The second kappa shape index (κ2) is 13.2. The molecule has 0 aliphatic carbocycles. The van der Waals surface area contributed by atoms with E-state index < -0.39 is 44.9 Å². The van der Waals surface area contributed by atoms with Crippen LogP contribution in [0.4, 0.5) is 0 Å². The first-order valence-corrected chi connectivity index (χ1v) is 14.2. The van der Waals surface area contributed by atoms with E-state index in [0.29, 0.717) is 5.57 Å². The number of carbonyl (C=O) groups excluding carboxylic acids is 2. The van der Waals surface area contributed by atoms with E-state index in [4.69, 9.17) is 9.29 Å². The van der Waals surface area contributed by atoms with E-state index in [1.165, 1.54) is 30.2 Å². The normalized spacial score (nSPS) is 20.9. The number of aromatic nitrogens is 4. The monoisotopic (exact) mass is 610 g/mol. The molecule has 1 saturated heterocycles. The minimum Gasteiger partial charge on any atom is -1.00 e. The van der Waals surface area contributed by atoms with Crippen molar-refractivity contribution >= 4 is 62.8 Å². The zero-order valence-corrected chi connectivity index (χ0v) is 27.1. The Balaban J connectivity index is 0.00000361. The molecule has 37 heavy (non-hydrogen) atoms. The molecule has 4 heterocycles. The number of aliphatic carboxylic acids is 1. The molecule has 2 aromatic rings. The van der Waals surface area contributed by atoms with Crippen LogP contribution in [0.5, 0.6) is 0 Å². The quantitative estimate of drug-likeness (QED) is 0.0757. The molecule has 2 aliphatic heterocycles. The molecule has 2 aliphatic rings. The van der Waals surface area contributed by atoms with Crippen molar-refractivity contribution in [3.63, 3.8) is 0 Å². The van der Waals surface area contributed by atoms with Crippen molar-refractivity contribution in [2.24, 2.45) is 0 Å². The largest absolute Gasteiger partial charge is 1.00 e. The number of amides is 2. The number of nitrogens with one attached hydrogen (secondary N) is 1. The molecular weight excluding hydrogens is 590 g/mol. The Bertz CT molecular complexity index is 1320. The van der Waals surface area contributed by atoms with Gasteiger partial charge in [0, 0.05) is 23.5 Å². The van der Waals surface area contributed by atoms with Gasteiger partial charge in [-0.2, -0.15) is 8.42 Å². The van der Waals surface area contributed by atoms with E-state index in [-0.39, 0.29) is 90.7 Å². The van der Waals surface area contributed by atoms with E-state index in [1.54, 1.807) is 12.1 Å². The van der Waals surface area contributed by atoms with E-state index in [9.17, 15) is 27.9 Å². The molecular formula is C17H20N6Na2O8S4. The Morgan fingerprint density at radius 1 is 1.41 bits per heavy atom. The smallest absolute Gasteiger partial charge is 1.00 e. The molecule has 0 unspecified atom stereocenters. The molecule has 20 heteroatoms. The molecule has 14 nitrogen and oxygen atoms in total. The van der Waals surface area contributed by atoms with Crippen molar-refractivity contribution in [3.8, 4) is 0 Å². The van der Waals surface area contributed by atoms with Gasteiger partial charge in [0.1, 0.15) is 11.1 Å². The molecule has 0 spiro atoms. The Hall–Kier alpha value is -0.510. The predicted octanol–water partition coefficient (Wildman–Crippen LogP) is -6.14. The third-order valence-corrected chi connectivity index (χ3v) is 8.90. The fourth-order valence-corrected chi connectivity index (χ4v) is 7.29. The topological polar surface area (TPSA) is 194 Å². The van der Waals surface area contributed by atoms with Gasteiger partial charge in [0.25, 0.3) is 21.8 Å². The summed E-state index contributed by atoms with van der Waals surface area (Å²) in [6.45, 7) is 0. The fourth-order valence-electron chi connectivity index (χ4n) is 3.56. The molecule has 2 amide bonds. The molecule has 0 aromatic carbocycles. The third-order valence-electron chi connectivity index (χ3n) is 5.03. The van der Waals surface area contributed by atoms with Crippen molar-refractivity contribution in [2.75, 3.05) is 18.6 Å². The summed E-state index contributed by atoms with van der Waals surface area (Å²) in [4.78, 5) is 39.7. The third kappa shape index (κ3) is 6.98. The van der Waals surface area contributed by atoms with Crippen LogP contribution in [0.2, 0.25) is 0 Å². The maximum absolute atomic E-state index is 13.1. The number of ether oxygens (including phenoxy) is 1. The number of hydrogen-bond donors (Lipinski definition) is 3. The van der Waals surface area contributed by atoms with Crippen molar-refractivity contribution < 1.29 is 99.2 Å². The van der Waals surface area contributed by atoms with Gasteiger partial charge in [-0.3, -0.25) is 19.0 Å². The van der Waals surface area contributed by atoms with Crippen LogP contribution in [-0.2, 0) is 41.5 Å². The average Bonchev–Trinajstić information content (AvgIpc) is 3.45. The summed E-state index contributed by atoms with van der Waals surface area (Å²) in [5, 5.41) is 24.1. The molecule has 0 radical (unpaired) electrons. The van der Waals surface area contributed by atoms with E-state index in [2.05, 4.69) is 20.8 Å². The van der Waals surface area contributed by atoms with Gasteiger partial charge < -0.3 is 18.0 Å². The zero-order chi connectivity index (χ0) is 25.4. The van der Waals surface area contributed by atoms with Crippen molar-refractivity contribution in [1.82, 2.24) is 30.4 Å². The molecule has 2 aromatic heterocycles. The standard InChI is InChI=1S/C17H18N6O8S4.2Na.2H/c1-31-17(18-11(24)5-10-3-2-4-32-10)14(27)23-12(13(25)26)9(6-33-15(17)23)7-34-16-19-20-21-22(16)8-35(28,29)30;;;;/h2-4,15H,5-8H2,1H3,(H,18,24)(H,25,26)(H,28,29,30);;;;/q;2*+1;2*-1/t15-,17+;;;;/m1..../s1. The Labute approximate surface area is 270 Å². The van der Waals surface area contributed by atoms with Crippen LogP contribution >= 0.6 is 34.9 Å². The minimum atomic E-state index is -4.40. The first-order valence-electron chi connectivity index (χ1n) is 9.69. The number of methoxy groups -OCH3 is 1. The molecule has 0 saturated carbocycles. The summed E-state index contributed by atoms with van der Waals surface area (Å²) in [5.74, 6) is -3.14. The molecule has 0 bridgehead atoms. The Kier molecular flexibility index (Phi) is 11.7. The first-order chi connectivity index (χ1) is 16.6. The van der Waals surface area contributed by atoms with Gasteiger partial charge in [0.2, 0.25) is 11.1 Å². The summed E-state index contributed by atoms with van der Waals surface area (Å²) in [7, 11) is -3.13. The van der Waals surface area contributed by atoms with Crippen molar-refractivity contribution in [2.45, 2.75) is 28.6 Å². The van der Waals surface area contributed by atoms with Crippen LogP contribution < -0.4 is 64.4 Å². The van der Waals surface area contributed by atoms with Crippen LogP contribution in [0.3, 0.4) is 0 Å². The number of hydrogen-bond acceptors (Lipinski definition) is 12. The van der Waals surface area contributed by atoms with Crippen molar-refractivity contribution in [3.05, 3.63) is 33.7 Å². The number of thiophene rings is 1. The minimum absolute atomic E-state index is 0. The SMILES string of the molecule is CO[C@@]1(NC(=O)Cc2cccs2)C(=O)N2C(C(=O)O)=C(CSc3nnnn3CS(=O)(=O)O)CS[C@@H]21.[H-].[H-].[Na+].[Na+]. The number of carboxylic acids is 1. The van der Waals surface area contributed by atoms with Crippen LogP contribution in [0.15, 0.2) is 33.9 Å². The number of tetrazole rings is 1. The maximum Gasteiger partial charge on any atom is 1.00 e. The Morgan fingerprint density at radius 2 is 2.14 bits per heavy atom. The van der Waals surface area contributed by atoms with Crippen LogP contribution in [0, 0.1) is 0 Å². The van der Waals surface area contributed by atoms with Crippen LogP contribution in [0.1, 0.15) is 7.73 Å². The van der Waals surface area contributed by atoms with Gasteiger partial charge >= 0.3 is 65.1 Å². The summed E-state index contributed by atoms with van der Waals surface area (Å²) in [6, 6.07) is 3.59. The molecule has 2 atom stereocenters. The summed E-state index contributed by atoms with van der Waals surface area (Å²) in [5.41, 5.74) is -1.58. The van der Waals surface area contributed by atoms with Gasteiger partial charge in [0.05, 0.1) is 6.42 Å². The molecule has 192 valence electrons. The number of carbonyl (C=O) groups is 3. The number of thioether (sulfide) groups is 2. The predicted molar refractivity (Wildman–Crippen MR) is 126 cm³/mol. The Morgan fingerprint density at radius 3 is 2.73 bits per heavy atom. The van der Waals surface area contributed by atoms with Crippen LogP contribution in [0.25, 0.3) is 0 Å². The number of rotatable bonds is 10. The second-order valence-corrected chi connectivity index (χ2v) is 11.8. The molecule has 4 rings (SSSR count). The molecule has 1 fully saturated rings. The van der Waals surface area contributed by atoms with Gasteiger partial charge in [-0.15, -0.1) is 28.2 Å².